The molecule has 0 aromatic heterocycles. The summed E-state index contributed by atoms with van der Waals surface area (Å²) >= 11 is 16.4. The number of aliphatic hydroxyl groups is 1. The number of azide groups is 1. The molecule has 1 aliphatic rings. The zero-order chi connectivity index (χ0) is 33.2. The standard InChI is InChI=1S/C34H31BrCl2N6O4/c35-25-10-6-22(7-11-25)16-17-39-42-33(45)34(21-24-4-1-2-5-30(24)41-43-38)31(28-15-12-26(36)20-29(28)37)47-32(40-34)23-8-13-27(14-9-23)46-19-3-18-44/h1-2,4-15,20,31,39,44H,3,16-19,21H2,(H,42,45)/t31-,34-/m0/s1. The molecule has 0 saturated carbocycles. The molecule has 0 radical (unpaired) electrons. The van der Waals surface area contributed by atoms with Crippen LogP contribution in [0.15, 0.2) is 106 Å². The summed E-state index contributed by atoms with van der Waals surface area (Å²) in [7, 11) is 0. The summed E-state index contributed by atoms with van der Waals surface area (Å²) in [6.45, 7) is 0.844. The van der Waals surface area contributed by atoms with Crippen LogP contribution in [0, 0.1) is 0 Å². The first-order valence-corrected chi connectivity index (χ1v) is 16.3. The number of nitrogens with zero attached hydrogens (tertiary/aromatic N) is 4. The van der Waals surface area contributed by atoms with Crippen molar-refractivity contribution in [3.63, 3.8) is 0 Å². The van der Waals surface area contributed by atoms with Crippen molar-refractivity contribution in [1.29, 1.82) is 0 Å². The van der Waals surface area contributed by atoms with Crippen LogP contribution < -0.4 is 15.6 Å². The highest BCUT2D eigenvalue weighted by atomic mass is 79.9. The molecular formula is C34H31BrCl2N6O4. The van der Waals surface area contributed by atoms with Crippen molar-refractivity contribution in [3.8, 4) is 5.75 Å². The predicted molar refractivity (Wildman–Crippen MR) is 186 cm³/mol. The SMILES string of the molecule is [N-]=[N+]=Nc1ccccc1C[C@]1(C(=O)NNCCc2ccc(Br)cc2)N=C(c2ccc(OCCCO)cc2)O[C@H]1c1ccc(Cl)cc1Cl. The van der Waals surface area contributed by atoms with Gasteiger partial charge in [0.15, 0.2) is 11.6 Å². The van der Waals surface area contributed by atoms with Gasteiger partial charge in [-0.2, -0.15) is 0 Å². The monoisotopic (exact) mass is 736 g/mol. The summed E-state index contributed by atoms with van der Waals surface area (Å²) in [5.74, 6) is 0.355. The zero-order valence-electron chi connectivity index (χ0n) is 25.1. The number of aliphatic hydroxyl groups excluding tert-OH is 1. The number of aliphatic imine (C=N–C) groups is 1. The third-order valence-electron chi connectivity index (χ3n) is 7.53. The van der Waals surface area contributed by atoms with Gasteiger partial charge in [-0.25, -0.2) is 10.4 Å². The van der Waals surface area contributed by atoms with E-state index >= 15 is 0 Å². The molecule has 3 N–H and O–H groups in total. The first-order valence-electron chi connectivity index (χ1n) is 14.8. The highest BCUT2D eigenvalue weighted by molar-refractivity contribution is 9.10. The lowest BCUT2D eigenvalue weighted by molar-refractivity contribution is -0.130. The normalized spacial score (nSPS) is 16.9. The lowest BCUT2D eigenvalue weighted by Crippen LogP contribution is -2.54. The molecule has 10 nitrogen and oxygen atoms in total. The van der Waals surface area contributed by atoms with E-state index in [-0.39, 0.29) is 18.9 Å². The Morgan fingerprint density at radius 1 is 1.09 bits per heavy atom. The van der Waals surface area contributed by atoms with Gasteiger partial charge < -0.3 is 14.6 Å². The van der Waals surface area contributed by atoms with Gasteiger partial charge in [0.05, 0.1) is 6.61 Å². The molecule has 0 unspecified atom stereocenters. The highest BCUT2D eigenvalue weighted by Crippen LogP contribution is 2.46. The second kappa shape index (κ2) is 16.1. The number of carbonyl (C=O) groups is 1. The van der Waals surface area contributed by atoms with E-state index in [1.54, 1.807) is 66.7 Å². The lowest BCUT2D eigenvalue weighted by Gasteiger charge is -2.31. The molecule has 0 bridgehead atoms. The number of hydrogen-bond acceptors (Lipinski definition) is 7. The second-order valence-electron chi connectivity index (χ2n) is 10.7. The van der Waals surface area contributed by atoms with E-state index in [2.05, 4.69) is 36.8 Å². The Balaban J connectivity index is 1.54. The van der Waals surface area contributed by atoms with E-state index in [0.29, 0.717) is 64.2 Å². The van der Waals surface area contributed by atoms with Crippen LogP contribution in [-0.2, 0) is 22.4 Å². The van der Waals surface area contributed by atoms with Crippen molar-refractivity contribution >= 4 is 56.6 Å². The molecule has 2 atom stereocenters. The first-order chi connectivity index (χ1) is 22.8. The minimum atomic E-state index is -1.60. The van der Waals surface area contributed by atoms with Crippen molar-refractivity contribution in [2.45, 2.75) is 30.9 Å². The smallest absolute Gasteiger partial charge is 0.266 e. The van der Waals surface area contributed by atoms with E-state index in [4.69, 9.17) is 42.8 Å². The number of amides is 1. The second-order valence-corrected chi connectivity index (χ2v) is 12.5. The fourth-order valence-electron chi connectivity index (χ4n) is 5.18. The summed E-state index contributed by atoms with van der Waals surface area (Å²) in [5, 5.41) is 13.7. The molecule has 0 spiro atoms. The largest absolute Gasteiger partial charge is 0.494 e. The summed E-state index contributed by atoms with van der Waals surface area (Å²) < 4.78 is 13.2. The van der Waals surface area contributed by atoms with Gasteiger partial charge in [-0.1, -0.05) is 86.7 Å². The molecule has 1 heterocycles. The van der Waals surface area contributed by atoms with Gasteiger partial charge in [-0.05, 0) is 71.6 Å². The van der Waals surface area contributed by atoms with E-state index in [9.17, 15) is 10.3 Å². The molecular weight excluding hydrogens is 707 g/mol. The average molecular weight is 738 g/mol. The van der Waals surface area contributed by atoms with Crippen LogP contribution in [-0.4, -0.2) is 42.2 Å². The van der Waals surface area contributed by atoms with Crippen molar-refractivity contribution in [2.24, 2.45) is 10.1 Å². The minimum Gasteiger partial charge on any atom is -0.494 e. The lowest BCUT2D eigenvalue weighted by atomic mass is 9.81. The van der Waals surface area contributed by atoms with Crippen LogP contribution in [0.4, 0.5) is 5.69 Å². The van der Waals surface area contributed by atoms with Gasteiger partial charge >= 0.3 is 0 Å². The number of nitrogens with one attached hydrogen (secondary N) is 2. The Morgan fingerprint density at radius 3 is 2.57 bits per heavy atom. The Bertz CT molecular complexity index is 1780. The quantitative estimate of drug-likeness (QED) is 0.0398. The molecule has 242 valence electrons. The van der Waals surface area contributed by atoms with Gasteiger partial charge in [0, 0.05) is 62.2 Å². The van der Waals surface area contributed by atoms with Gasteiger partial charge in [0.2, 0.25) is 5.90 Å². The predicted octanol–water partition coefficient (Wildman–Crippen LogP) is 7.82. The third kappa shape index (κ3) is 8.44. The summed E-state index contributed by atoms with van der Waals surface area (Å²) in [6.07, 6.45) is 0.186. The number of benzene rings is 4. The molecule has 0 fully saturated rings. The topological polar surface area (TPSA) is 141 Å². The third-order valence-corrected chi connectivity index (χ3v) is 8.62. The van der Waals surface area contributed by atoms with E-state index in [1.807, 2.05) is 24.3 Å². The molecule has 1 amide bonds. The molecule has 1 aliphatic heterocycles. The minimum absolute atomic E-state index is 0.0118. The van der Waals surface area contributed by atoms with Gasteiger partial charge in [-0.15, -0.1) is 0 Å². The number of halogens is 3. The molecule has 5 rings (SSSR count). The summed E-state index contributed by atoms with van der Waals surface area (Å²) in [5.41, 5.74) is 16.7. The maximum absolute atomic E-state index is 14.5. The number of carbonyl (C=O) groups excluding carboxylic acids is 1. The number of hydrogen-bond donors (Lipinski definition) is 3. The van der Waals surface area contributed by atoms with Crippen molar-refractivity contribution < 1.29 is 19.4 Å². The van der Waals surface area contributed by atoms with Gasteiger partial charge in [0.1, 0.15) is 5.75 Å². The van der Waals surface area contributed by atoms with E-state index in [0.717, 1.165) is 10.0 Å². The fourth-order valence-corrected chi connectivity index (χ4v) is 5.95. The fraction of sp³-hybridized carbons (Fsp3) is 0.235. The van der Waals surface area contributed by atoms with Crippen LogP contribution in [0.5, 0.6) is 5.75 Å². The Labute approximate surface area is 290 Å². The van der Waals surface area contributed by atoms with Crippen molar-refractivity contribution in [1.82, 2.24) is 10.9 Å². The Hall–Kier alpha value is -4.09. The van der Waals surface area contributed by atoms with Gasteiger partial charge in [-0.3, -0.25) is 10.2 Å². The Morgan fingerprint density at radius 2 is 1.85 bits per heavy atom. The summed E-state index contributed by atoms with van der Waals surface area (Å²) in [4.78, 5) is 22.4. The molecule has 0 aliphatic carbocycles. The van der Waals surface area contributed by atoms with E-state index in [1.165, 1.54) is 0 Å². The van der Waals surface area contributed by atoms with Crippen LogP contribution in [0.1, 0.15) is 34.8 Å². The molecule has 13 heteroatoms. The molecule has 4 aromatic rings. The van der Waals surface area contributed by atoms with Crippen LogP contribution >= 0.6 is 39.1 Å². The number of hydrazine groups is 1. The number of ether oxygens (including phenoxy) is 2. The van der Waals surface area contributed by atoms with Crippen LogP contribution in [0.25, 0.3) is 10.4 Å². The maximum Gasteiger partial charge on any atom is 0.266 e. The molecule has 4 aromatic carbocycles. The van der Waals surface area contributed by atoms with Crippen molar-refractivity contribution in [3.05, 3.63) is 138 Å². The average Bonchev–Trinajstić information content (AvgIpc) is 3.45. The van der Waals surface area contributed by atoms with E-state index < -0.39 is 17.6 Å². The number of rotatable bonds is 14. The first kappa shape index (κ1) is 34.3. The maximum atomic E-state index is 14.5. The summed E-state index contributed by atoms with van der Waals surface area (Å²) in [6, 6.07) is 27.0. The van der Waals surface area contributed by atoms with Gasteiger partial charge in [0.25, 0.3) is 5.91 Å². The molecule has 0 saturated heterocycles. The zero-order valence-corrected chi connectivity index (χ0v) is 28.2. The van der Waals surface area contributed by atoms with Crippen LogP contribution in [0.2, 0.25) is 10.0 Å². The van der Waals surface area contributed by atoms with Crippen LogP contribution in [0.3, 0.4) is 0 Å². The van der Waals surface area contributed by atoms with Crippen molar-refractivity contribution in [2.75, 3.05) is 19.8 Å². The highest BCUT2D eigenvalue weighted by Gasteiger charge is 2.54. The molecule has 47 heavy (non-hydrogen) atoms. The Kier molecular flexibility index (Phi) is 11.8.